The molecule has 1 heterocycles. The van der Waals surface area contributed by atoms with Crippen LogP contribution >= 0.6 is 0 Å². The minimum atomic E-state index is -3.39. The van der Waals surface area contributed by atoms with Crippen molar-refractivity contribution >= 4 is 10.0 Å². The van der Waals surface area contributed by atoms with Crippen LogP contribution in [0.2, 0.25) is 0 Å². The highest BCUT2D eigenvalue weighted by molar-refractivity contribution is 7.89. The van der Waals surface area contributed by atoms with E-state index >= 15 is 0 Å². The van der Waals surface area contributed by atoms with Crippen molar-refractivity contribution in [2.75, 3.05) is 19.4 Å². The summed E-state index contributed by atoms with van der Waals surface area (Å²) in [6.07, 6.45) is 1.31. The first-order chi connectivity index (χ1) is 6.56. The Morgan fingerprint density at radius 2 is 2.36 bits per heavy atom. The van der Waals surface area contributed by atoms with Crippen LogP contribution < -0.4 is 0 Å². The van der Waals surface area contributed by atoms with Gasteiger partial charge < -0.3 is 5.11 Å². The van der Waals surface area contributed by atoms with Crippen molar-refractivity contribution in [3.05, 3.63) is 12.2 Å². The summed E-state index contributed by atoms with van der Waals surface area (Å²) in [5.41, 5.74) is 0. The number of rotatable bonds is 5. The molecule has 0 spiro atoms. The molecule has 0 aromatic carbocycles. The fourth-order valence-corrected chi connectivity index (χ4v) is 1.75. The van der Waals surface area contributed by atoms with Crippen LogP contribution in [0.5, 0.6) is 0 Å². The van der Waals surface area contributed by atoms with Crippen LogP contribution in [0.1, 0.15) is 5.82 Å². The third-order valence-electron chi connectivity index (χ3n) is 1.66. The zero-order valence-electron chi connectivity index (χ0n) is 7.71. The van der Waals surface area contributed by atoms with Crippen molar-refractivity contribution < 1.29 is 13.5 Å². The molecule has 1 rings (SSSR count). The van der Waals surface area contributed by atoms with Gasteiger partial charge >= 0.3 is 0 Å². The molecular weight excluding hydrogens is 208 g/mol. The average molecular weight is 220 g/mol. The minimum Gasteiger partial charge on any atom is -0.395 e. The summed E-state index contributed by atoms with van der Waals surface area (Å²) in [5.74, 6) is 0.187. The smallest absolute Gasteiger partial charge is 0.216 e. The zero-order chi connectivity index (χ0) is 10.6. The molecule has 14 heavy (non-hydrogen) atoms. The predicted molar refractivity (Wildman–Crippen MR) is 48.7 cm³/mol. The predicted octanol–water partition coefficient (Wildman–Crippen LogP) is -1.44. The van der Waals surface area contributed by atoms with Gasteiger partial charge in [0.2, 0.25) is 10.0 Å². The molecule has 8 heteroatoms. The highest BCUT2D eigenvalue weighted by Gasteiger charge is 2.17. The van der Waals surface area contributed by atoms with Gasteiger partial charge in [0.15, 0.2) is 0 Å². The van der Waals surface area contributed by atoms with Gasteiger partial charge in [-0.15, -0.1) is 0 Å². The van der Waals surface area contributed by atoms with Gasteiger partial charge in [-0.05, 0) is 0 Å². The molecule has 0 aliphatic carbocycles. The van der Waals surface area contributed by atoms with Gasteiger partial charge in [-0.25, -0.2) is 13.4 Å². The van der Waals surface area contributed by atoms with E-state index in [0.29, 0.717) is 5.82 Å². The normalized spacial score (nSPS) is 12.2. The van der Waals surface area contributed by atoms with Gasteiger partial charge in [0.05, 0.1) is 18.9 Å². The second kappa shape index (κ2) is 4.49. The summed E-state index contributed by atoms with van der Waals surface area (Å²) >= 11 is 0. The van der Waals surface area contributed by atoms with Crippen LogP contribution in [0.25, 0.3) is 0 Å². The van der Waals surface area contributed by atoms with E-state index < -0.39 is 10.0 Å². The number of aliphatic hydroxyl groups excluding tert-OH is 1. The molecule has 0 amide bonds. The summed E-state index contributed by atoms with van der Waals surface area (Å²) in [7, 11) is -1.97. The third kappa shape index (κ3) is 2.76. The molecule has 2 N–H and O–H groups in total. The van der Waals surface area contributed by atoms with Crippen molar-refractivity contribution in [2.45, 2.75) is 6.54 Å². The number of aromatic nitrogens is 3. The molecule has 0 saturated heterocycles. The number of hydrogen-bond donors (Lipinski definition) is 2. The fourth-order valence-electron chi connectivity index (χ4n) is 0.887. The summed E-state index contributed by atoms with van der Waals surface area (Å²) in [4.78, 5) is 3.79. The van der Waals surface area contributed by atoms with Crippen molar-refractivity contribution in [3.8, 4) is 0 Å². The lowest BCUT2D eigenvalue weighted by molar-refractivity contribution is 0.315. The van der Waals surface area contributed by atoms with Crippen LogP contribution in [0.15, 0.2) is 6.33 Å². The van der Waals surface area contributed by atoms with E-state index in [0.717, 1.165) is 4.31 Å². The number of sulfonamides is 1. The Bertz CT molecular complexity index is 360. The van der Waals surface area contributed by atoms with Gasteiger partial charge in [-0.1, -0.05) is 0 Å². The molecule has 80 valence electrons. The fraction of sp³-hybridized carbons (Fsp3) is 0.667. The van der Waals surface area contributed by atoms with Crippen LogP contribution in [0.4, 0.5) is 0 Å². The molecule has 1 aromatic rings. The lowest BCUT2D eigenvalue weighted by atomic mass is 10.6. The van der Waals surface area contributed by atoms with E-state index in [-0.39, 0.29) is 18.9 Å². The van der Waals surface area contributed by atoms with E-state index in [2.05, 4.69) is 15.2 Å². The number of nitrogens with one attached hydrogen (secondary N) is 1. The number of nitrogens with zero attached hydrogens (tertiary/aromatic N) is 3. The third-order valence-corrected chi connectivity index (χ3v) is 3.44. The van der Waals surface area contributed by atoms with Gasteiger partial charge in [0, 0.05) is 7.05 Å². The maximum Gasteiger partial charge on any atom is 0.216 e. The first-order valence-electron chi connectivity index (χ1n) is 3.95. The molecule has 7 nitrogen and oxygen atoms in total. The number of hydrogen-bond acceptors (Lipinski definition) is 5. The number of aromatic amines is 1. The maximum atomic E-state index is 11.4. The van der Waals surface area contributed by atoms with Gasteiger partial charge in [-0.2, -0.15) is 9.40 Å². The van der Waals surface area contributed by atoms with Gasteiger partial charge in [0.1, 0.15) is 12.2 Å². The minimum absolute atomic E-state index is 0.127. The number of H-pyrrole nitrogens is 1. The average Bonchev–Trinajstić information content (AvgIpc) is 2.56. The van der Waals surface area contributed by atoms with Crippen LogP contribution in [-0.2, 0) is 16.6 Å². The lowest BCUT2D eigenvalue weighted by Crippen LogP contribution is -2.30. The van der Waals surface area contributed by atoms with E-state index in [9.17, 15) is 8.42 Å². The summed E-state index contributed by atoms with van der Waals surface area (Å²) in [5, 5.41) is 14.7. The van der Waals surface area contributed by atoms with Crippen molar-refractivity contribution in [1.82, 2.24) is 19.5 Å². The topological polar surface area (TPSA) is 99.2 Å². The molecule has 0 bridgehead atoms. The Morgan fingerprint density at radius 1 is 1.64 bits per heavy atom. The SMILES string of the molecule is CN(Cc1ncn[nH]1)S(=O)(=O)CCO. The molecule has 0 aliphatic heterocycles. The van der Waals surface area contributed by atoms with Crippen LogP contribution in [-0.4, -0.2) is 52.4 Å². The first-order valence-corrected chi connectivity index (χ1v) is 5.56. The standard InChI is InChI=1S/C6H12N4O3S/c1-10(14(12,13)3-2-11)4-6-7-5-8-9-6/h5,11H,2-4H2,1H3,(H,7,8,9). The molecule has 0 fully saturated rings. The molecule has 1 aromatic heterocycles. The van der Waals surface area contributed by atoms with Gasteiger partial charge in [0.25, 0.3) is 0 Å². The molecule has 0 unspecified atom stereocenters. The Morgan fingerprint density at radius 3 is 2.86 bits per heavy atom. The van der Waals surface area contributed by atoms with E-state index in [1.807, 2.05) is 0 Å². The quantitative estimate of drug-likeness (QED) is 0.633. The van der Waals surface area contributed by atoms with Crippen LogP contribution in [0.3, 0.4) is 0 Å². The lowest BCUT2D eigenvalue weighted by Gasteiger charge is -2.14. The highest BCUT2D eigenvalue weighted by Crippen LogP contribution is 2.02. The maximum absolute atomic E-state index is 11.4. The van der Waals surface area contributed by atoms with Crippen molar-refractivity contribution in [1.29, 1.82) is 0 Å². The second-order valence-electron chi connectivity index (χ2n) is 2.73. The number of aliphatic hydroxyl groups is 1. The molecule has 0 radical (unpaired) electrons. The Hall–Kier alpha value is -0.990. The summed E-state index contributed by atoms with van der Waals surface area (Å²) in [6.45, 7) is -0.259. The molecule has 0 aliphatic rings. The largest absolute Gasteiger partial charge is 0.395 e. The monoisotopic (exact) mass is 220 g/mol. The molecule has 0 atom stereocenters. The van der Waals surface area contributed by atoms with E-state index in [4.69, 9.17) is 5.11 Å². The summed E-state index contributed by atoms with van der Waals surface area (Å²) < 4.78 is 23.8. The van der Waals surface area contributed by atoms with E-state index in [1.54, 1.807) is 0 Å². The Balaban J connectivity index is 2.62. The molecule has 0 saturated carbocycles. The molecular formula is C6H12N4O3S. The van der Waals surface area contributed by atoms with Crippen molar-refractivity contribution in [3.63, 3.8) is 0 Å². The van der Waals surface area contributed by atoms with Gasteiger partial charge in [-0.3, -0.25) is 5.10 Å². The Labute approximate surface area is 81.8 Å². The zero-order valence-corrected chi connectivity index (χ0v) is 8.53. The second-order valence-corrected chi connectivity index (χ2v) is 4.92. The van der Waals surface area contributed by atoms with E-state index in [1.165, 1.54) is 13.4 Å². The first kappa shape index (κ1) is 11.1. The summed E-state index contributed by atoms with van der Waals surface area (Å²) in [6, 6.07) is 0. The van der Waals surface area contributed by atoms with Crippen LogP contribution in [0, 0.1) is 0 Å². The Kier molecular flexibility index (Phi) is 3.55. The van der Waals surface area contributed by atoms with Crippen molar-refractivity contribution in [2.24, 2.45) is 0 Å². The highest BCUT2D eigenvalue weighted by atomic mass is 32.2.